The van der Waals surface area contributed by atoms with Gasteiger partial charge in [0.25, 0.3) is 0 Å². The SMILES string of the molecule is Cc1ccc(CC2(O)CCNC2C)cc1. The summed E-state index contributed by atoms with van der Waals surface area (Å²) in [4.78, 5) is 0. The maximum absolute atomic E-state index is 10.4. The molecule has 2 rings (SSSR count). The van der Waals surface area contributed by atoms with Gasteiger partial charge < -0.3 is 10.4 Å². The Bertz CT molecular complexity index is 333. The fourth-order valence-corrected chi connectivity index (χ4v) is 2.21. The highest BCUT2D eigenvalue weighted by Gasteiger charge is 2.37. The summed E-state index contributed by atoms with van der Waals surface area (Å²) in [6.45, 7) is 5.06. The van der Waals surface area contributed by atoms with Crippen molar-refractivity contribution in [2.24, 2.45) is 0 Å². The third-order valence-electron chi connectivity index (χ3n) is 3.45. The Morgan fingerprint density at radius 1 is 1.40 bits per heavy atom. The van der Waals surface area contributed by atoms with Crippen molar-refractivity contribution in [1.29, 1.82) is 0 Å². The Morgan fingerprint density at radius 2 is 2.07 bits per heavy atom. The van der Waals surface area contributed by atoms with Gasteiger partial charge in [-0.2, -0.15) is 0 Å². The lowest BCUT2D eigenvalue weighted by atomic mass is 9.88. The molecule has 0 spiro atoms. The molecule has 2 atom stereocenters. The standard InChI is InChI=1S/C13H19NO/c1-10-3-5-12(6-4-10)9-13(15)7-8-14-11(13)2/h3-6,11,14-15H,7-9H2,1-2H3. The minimum absolute atomic E-state index is 0.193. The predicted molar refractivity (Wildman–Crippen MR) is 61.9 cm³/mol. The lowest BCUT2D eigenvalue weighted by Crippen LogP contribution is -2.42. The van der Waals surface area contributed by atoms with Gasteiger partial charge in [0, 0.05) is 12.5 Å². The summed E-state index contributed by atoms with van der Waals surface area (Å²) >= 11 is 0. The molecule has 0 amide bonds. The van der Waals surface area contributed by atoms with Crippen LogP contribution in [0.3, 0.4) is 0 Å². The van der Waals surface area contributed by atoms with Crippen molar-refractivity contribution in [1.82, 2.24) is 5.32 Å². The van der Waals surface area contributed by atoms with E-state index < -0.39 is 5.60 Å². The minimum atomic E-state index is -0.560. The average molecular weight is 205 g/mol. The van der Waals surface area contributed by atoms with Crippen LogP contribution in [0, 0.1) is 6.92 Å². The molecule has 15 heavy (non-hydrogen) atoms. The van der Waals surface area contributed by atoms with E-state index in [0.29, 0.717) is 0 Å². The zero-order valence-electron chi connectivity index (χ0n) is 9.46. The lowest BCUT2D eigenvalue weighted by molar-refractivity contribution is 0.0335. The molecule has 1 aromatic rings. The summed E-state index contributed by atoms with van der Waals surface area (Å²) in [5, 5.41) is 13.7. The van der Waals surface area contributed by atoms with E-state index >= 15 is 0 Å². The van der Waals surface area contributed by atoms with Crippen molar-refractivity contribution in [2.75, 3.05) is 6.54 Å². The normalized spacial score (nSPS) is 30.7. The predicted octanol–water partition coefficient (Wildman–Crippen LogP) is 1.65. The second-order valence-corrected chi connectivity index (χ2v) is 4.69. The van der Waals surface area contributed by atoms with Crippen LogP contribution in [0.5, 0.6) is 0 Å². The summed E-state index contributed by atoms with van der Waals surface area (Å²) in [5.41, 5.74) is 1.93. The first-order valence-electron chi connectivity index (χ1n) is 5.61. The molecule has 1 heterocycles. The van der Waals surface area contributed by atoms with E-state index in [-0.39, 0.29) is 6.04 Å². The quantitative estimate of drug-likeness (QED) is 0.769. The first kappa shape index (κ1) is 10.7. The highest BCUT2D eigenvalue weighted by molar-refractivity contribution is 5.23. The maximum Gasteiger partial charge on any atom is 0.0849 e. The van der Waals surface area contributed by atoms with Gasteiger partial charge in [0.2, 0.25) is 0 Å². The van der Waals surface area contributed by atoms with Gasteiger partial charge in [0.05, 0.1) is 5.60 Å². The van der Waals surface area contributed by atoms with Crippen molar-refractivity contribution < 1.29 is 5.11 Å². The van der Waals surface area contributed by atoms with Crippen molar-refractivity contribution in [3.63, 3.8) is 0 Å². The first-order valence-corrected chi connectivity index (χ1v) is 5.61. The van der Waals surface area contributed by atoms with E-state index in [1.54, 1.807) is 0 Å². The second-order valence-electron chi connectivity index (χ2n) is 4.69. The van der Waals surface area contributed by atoms with Crippen molar-refractivity contribution >= 4 is 0 Å². The number of hydrogen-bond acceptors (Lipinski definition) is 2. The Labute approximate surface area is 91.3 Å². The summed E-state index contributed by atoms with van der Waals surface area (Å²) in [6, 6.07) is 8.62. The largest absolute Gasteiger partial charge is 0.388 e. The summed E-state index contributed by atoms with van der Waals surface area (Å²) < 4.78 is 0. The van der Waals surface area contributed by atoms with E-state index in [9.17, 15) is 5.11 Å². The van der Waals surface area contributed by atoms with Gasteiger partial charge in [-0.25, -0.2) is 0 Å². The molecule has 2 nitrogen and oxygen atoms in total. The van der Waals surface area contributed by atoms with E-state index in [1.807, 2.05) is 0 Å². The van der Waals surface area contributed by atoms with Crippen LogP contribution >= 0.6 is 0 Å². The van der Waals surface area contributed by atoms with E-state index in [1.165, 1.54) is 11.1 Å². The van der Waals surface area contributed by atoms with Gasteiger partial charge in [-0.05, 0) is 32.4 Å². The molecule has 0 aromatic heterocycles. The topological polar surface area (TPSA) is 32.3 Å². The second kappa shape index (κ2) is 3.95. The van der Waals surface area contributed by atoms with Crippen LogP contribution in [0.25, 0.3) is 0 Å². The molecule has 0 saturated carbocycles. The molecule has 2 N–H and O–H groups in total. The number of aliphatic hydroxyl groups is 1. The molecule has 1 aliphatic rings. The molecular formula is C13H19NO. The van der Waals surface area contributed by atoms with Crippen molar-refractivity contribution in [3.05, 3.63) is 35.4 Å². The number of benzene rings is 1. The summed E-state index contributed by atoms with van der Waals surface area (Å²) in [7, 11) is 0. The Kier molecular flexibility index (Phi) is 2.81. The number of nitrogens with one attached hydrogen (secondary N) is 1. The Morgan fingerprint density at radius 3 is 2.60 bits per heavy atom. The minimum Gasteiger partial charge on any atom is -0.388 e. The van der Waals surface area contributed by atoms with Gasteiger partial charge in [-0.1, -0.05) is 29.8 Å². The van der Waals surface area contributed by atoms with Crippen LogP contribution in [0.15, 0.2) is 24.3 Å². The Balaban J connectivity index is 2.11. The average Bonchev–Trinajstić information content (AvgIpc) is 2.51. The van der Waals surface area contributed by atoms with Crippen molar-refractivity contribution in [3.8, 4) is 0 Å². The monoisotopic (exact) mass is 205 g/mol. The van der Waals surface area contributed by atoms with Gasteiger partial charge >= 0.3 is 0 Å². The number of hydrogen-bond donors (Lipinski definition) is 2. The summed E-state index contributed by atoms with van der Waals surface area (Å²) in [6.07, 6.45) is 1.60. The fourth-order valence-electron chi connectivity index (χ4n) is 2.21. The van der Waals surface area contributed by atoms with Gasteiger partial charge in [-0.15, -0.1) is 0 Å². The first-order chi connectivity index (χ1) is 7.10. The molecule has 2 unspecified atom stereocenters. The van der Waals surface area contributed by atoms with Crippen LogP contribution in [0.1, 0.15) is 24.5 Å². The number of rotatable bonds is 2. The number of aryl methyl sites for hydroxylation is 1. The van der Waals surface area contributed by atoms with Crippen LogP contribution in [-0.4, -0.2) is 23.3 Å². The molecule has 82 valence electrons. The summed E-state index contributed by atoms with van der Waals surface area (Å²) in [5.74, 6) is 0. The van der Waals surface area contributed by atoms with Crippen molar-refractivity contribution in [2.45, 2.75) is 38.3 Å². The third-order valence-corrected chi connectivity index (χ3v) is 3.45. The fraction of sp³-hybridized carbons (Fsp3) is 0.538. The molecular weight excluding hydrogens is 186 g/mol. The molecule has 1 fully saturated rings. The molecule has 1 aromatic carbocycles. The van der Waals surface area contributed by atoms with Crippen LogP contribution < -0.4 is 5.32 Å². The van der Waals surface area contributed by atoms with Gasteiger partial charge in [0.1, 0.15) is 0 Å². The third kappa shape index (κ3) is 2.21. The van der Waals surface area contributed by atoms with Crippen LogP contribution in [0.2, 0.25) is 0 Å². The smallest absolute Gasteiger partial charge is 0.0849 e. The van der Waals surface area contributed by atoms with Gasteiger partial charge in [0.15, 0.2) is 0 Å². The zero-order valence-corrected chi connectivity index (χ0v) is 9.46. The molecule has 0 bridgehead atoms. The molecule has 1 saturated heterocycles. The molecule has 0 radical (unpaired) electrons. The highest BCUT2D eigenvalue weighted by Crippen LogP contribution is 2.25. The maximum atomic E-state index is 10.4. The molecule has 2 heteroatoms. The van der Waals surface area contributed by atoms with Crippen LogP contribution in [0.4, 0.5) is 0 Å². The zero-order chi connectivity index (χ0) is 10.9. The van der Waals surface area contributed by atoms with Crippen LogP contribution in [-0.2, 0) is 6.42 Å². The van der Waals surface area contributed by atoms with E-state index in [2.05, 4.69) is 43.4 Å². The molecule has 0 aliphatic carbocycles. The lowest BCUT2D eigenvalue weighted by Gasteiger charge is -2.27. The van der Waals surface area contributed by atoms with E-state index in [4.69, 9.17) is 0 Å². The highest BCUT2D eigenvalue weighted by atomic mass is 16.3. The molecule has 1 aliphatic heterocycles. The van der Waals surface area contributed by atoms with E-state index in [0.717, 1.165) is 19.4 Å². The van der Waals surface area contributed by atoms with Gasteiger partial charge in [-0.3, -0.25) is 0 Å². The Hall–Kier alpha value is -0.860.